The van der Waals surface area contributed by atoms with Crippen LogP contribution in [0.4, 0.5) is 0 Å². The van der Waals surface area contributed by atoms with E-state index >= 15 is 0 Å². The lowest BCUT2D eigenvalue weighted by atomic mass is 10.2. The van der Waals surface area contributed by atoms with Crippen LogP contribution in [0.5, 0.6) is 0 Å². The molecule has 0 bridgehead atoms. The zero-order chi connectivity index (χ0) is 8.43. The van der Waals surface area contributed by atoms with Crippen LogP contribution in [0.25, 0.3) is 0 Å². The molecule has 1 aliphatic heterocycles. The fourth-order valence-electron chi connectivity index (χ4n) is 1.41. The minimum atomic E-state index is -0.757. The van der Waals surface area contributed by atoms with Crippen LogP contribution in [-0.2, 0) is 9.53 Å². The van der Waals surface area contributed by atoms with E-state index in [4.69, 9.17) is 9.84 Å². The van der Waals surface area contributed by atoms with Gasteiger partial charge in [0.1, 0.15) is 6.04 Å². The average Bonchev–Trinajstić information content (AvgIpc) is 2.30. The second-order valence-corrected chi connectivity index (χ2v) is 2.89. The first-order chi connectivity index (χ1) is 5.15. The number of likely N-dealkylation sites (tertiary alicyclic amines) is 1. The SMILES string of the molecule is CO[C@@H]1C[C@@H](C(=O)O)N(C)C1.Cl. The maximum Gasteiger partial charge on any atom is 0.321 e. The Bertz CT molecular complexity index is 165. The maximum atomic E-state index is 10.6. The topological polar surface area (TPSA) is 49.8 Å². The van der Waals surface area contributed by atoms with Crippen LogP contribution in [0.3, 0.4) is 0 Å². The van der Waals surface area contributed by atoms with E-state index in [0.29, 0.717) is 13.0 Å². The lowest BCUT2D eigenvalue weighted by Gasteiger charge is -2.12. The highest BCUT2D eigenvalue weighted by Gasteiger charge is 2.34. The van der Waals surface area contributed by atoms with Crippen molar-refractivity contribution in [3.05, 3.63) is 0 Å². The number of ether oxygens (including phenoxy) is 1. The molecule has 0 aromatic heterocycles. The van der Waals surface area contributed by atoms with Crippen molar-refractivity contribution in [1.29, 1.82) is 0 Å². The predicted octanol–water partition coefficient (Wildman–Crippen LogP) is 0.212. The summed E-state index contributed by atoms with van der Waals surface area (Å²) < 4.78 is 5.06. The van der Waals surface area contributed by atoms with Crippen LogP contribution < -0.4 is 0 Å². The van der Waals surface area contributed by atoms with E-state index in [1.165, 1.54) is 0 Å². The van der Waals surface area contributed by atoms with Crippen molar-refractivity contribution in [2.24, 2.45) is 0 Å². The van der Waals surface area contributed by atoms with Crippen molar-refractivity contribution in [3.63, 3.8) is 0 Å². The summed E-state index contributed by atoms with van der Waals surface area (Å²) in [5, 5.41) is 8.70. The van der Waals surface area contributed by atoms with E-state index < -0.39 is 5.97 Å². The van der Waals surface area contributed by atoms with Crippen LogP contribution in [0.15, 0.2) is 0 Å². The predicted molar refractivity (Wildman–Crippen MR) is 46.7 cm³/mol. The molecule has 0 saturated carbocycles. The van der Waals surface area contributed by atoms with Gasteiger partial charge < -0.3 is 9.84 Å². The quantitative estimate of drug-likeness (QED) is 0.685. The Morgan fingerprint density at radius 3 is 2.50 bits per heavy atom. The Balaban J connectivity index is 0.00000121. The highest BCUT2D eigenvalue weighted by Crippen LogP contribution is 2.17. The summed E-state index contributed by atoms with van der Waals surface area (Å²) in [6.07, 6.45) is 0.684. The summed E-state index contributed by atoms with van der Waals surface area (Å²) >= 11 is 0. The Morgan fingerprint density at radius 2 is 2.25 bits per heavy atom. The number of carboxylic acid groups (broad SMARTS) is 1. The molecular weight excluding hydrogens is 182 g/mol. The van der Waals surface area contributed by atoms with E-state index in [-0.39, 0.29) is 24.6 Å². The summed E-state index contributed by atoms with van der Waals surface area (Å²) in [5.74, 6) is -0.757. The second kappa shape index (κ2) is 4.64. The van der Waals surface area contributed by atoms with E-state index in [1.807, 2.05) is 0 Å². The monoisotopic (exact) mass is 195 g/mol. The van der Waals surface area contributed by atoms with Crippen LogP contribution in [0, 0.1) is 0 Å². The molecule has 1 saturated heterocycles. The lowest BCUT2D eigenvalue weighted by molar-refractivity contribution is -0.141. The van der Waals surface area contributed by atoms with Crippen LogP contribution in [0.2, 0.25) is 0 Å². The highest BCUT2D eigenvalue weighted by molar-refractivity contribution is 5.85. The summed E-state index contributed by atoms with van der Waals surface area (Å²) in [5.41, 5.74) is 0. The molecule has 2 atom stereocenters. The van der Waals surface area contributed by atoms with E-state index in [1.54, 1.807) is 19.1 Å². The fourth-order valence-corrected chi connectivity index (χ4v) is 1.41. The lowest BCUT2D eigenvalue weighted by Crippen LogP contribution is -2.32. The number of carboxylic acids is 1. The molecule has 4 nitrogen and oxygen atoms in total. The molecule has 1 N–H and O–H groups in total. The van der Waals surface area contributed by atoms with Crippen molar-refractivity contribution >= 4 is 18.4 Å². The van der Waals surface area contributed by atoms with Gasteiger partial charge in [0.15, 0.2) is 0 Å². The third-order valence-corrected chi connectivity index (χ3v) is 2.13. The Kier molecular flexibility index (Phi) is 4.52. The third kappa shape index (κ3) is 2.33. The van der Waals surface area contributed by atoms with Gasteiger partial charge in [0.05, 0.1) is 6.10 Å². The maximum absolute atomic E-state index is 10.6. The Morgan fingerprint density at radius 1 is 1.67 bits per heavy atom. The number of halogens is 1. The van der Waals surface area contributed by atoms with Gasteiger partial charge in [-0.1, -0.05) is 0 Å². The molecule has 0 aromatic carbocycles. The summed E-state index contributed by atoms with van der Waals surface area (Å²) in [6, 6.07) is -0.361. The molecule has 0 radical (unpaired) electrons. The first kappa shape index (κ1) is 11.7. The van der Waals surface area contributed by atoms with Crippen molar-refractivity contribution in [1.82, 2.24) is 4.90 Å². The molecule has 0 spiro atoms. The molecule has 5 heteroatoms. The smallest absolute Gasteiger partial charge is 0.321 e. The minimum absolute atomic E-state index is 0. The van der Waals surface area contributed by atoms with Crippen LogP contribution in [-0.4, -0.2) is 48.8 Å². The number of hydrogen-bond acceptors (Lipinski definition) is 3. The first-order valence-electron chi connectivity index (χ1n) is 3.61. The Labute approximate surface area is 77.9 Å². The molecular formula is C7H14ClNO3. The minimum Gasteiger partial charge on any atom is -0.480 e. The van der Waals surface area contributed by atoms with Gasteiger partial charge in [0.2, 0.25) is 0 Å². The van der Waals surface area contributed by atoms with Gasteiger partial charge in [0, 0.05) is 20.1 Å². The van der Waals surface area contributed by atoms with E-state index in [9.17, 15) is 4.79 Å². The summed E-state index contributed by atoms with van der Waals surface area (Å²) in [7, 11) is 3.42. The number of carbonyl (C=O) groups is 1. The van der Waals surface area contributed by atoms with Crippen molar-refractivity contribution in [2.45, 2.75) is 18.6 Å². The molecule has 0 amide bonds. The summed E-state index contributed by atoms with van der Waals surface area (Å²) in [4.78, 5) is 12.4. The van der Waals surface area contributed by atoms with Gasteiger partial charge in [-0.3, -0.25) is 9.69 Å². The zero-order valence-corrected chi connectivity index (χ0v) is 8.00. The molecule has 0 aliphatic carbocycles. The number of rotatable bonds is 2. The van der Waals surface area contributed by atoms with Crippen molar-refractivity contribution in [3.8, 4) is 0 Å². The van der Waals surface area contributed by atoms with Crippen LogP contribution >= 0.6 is 12.4 Å². The molecule has 72 valence electrons. The molecule has 12 heavy (non-hydrogen) atoms. The fraction of sp³-hybridized carbons (Fsp3) is 0.857. The van der Waals surface area contributed by atoms with Gasteiger partial charge in [0.25, 0.3) is 0 Å². The number of likely N-dealkylation sites (N-methyl/N-ethyl adjacent to an activating group) is 1. The van der Waals surface area contributed by atoms with Gasteiger partial charge in [-0.2, -0.15) is 0 Å². The van der Waals surface area contributed by atoms with Gasteiger partial charge in [-0.15, -0.1) is 12.4 Å². The number of aliphatic carboxylic acids is 1. The highest BCUT2D eigenvalue weighted by atomic mass is 35.5. The van der Waals surface area contributed by atoms with E-state index in [0.717, 1.165) is 0 Å². The third-order valence-electron chi connectivity index (χ3n) is 2.13. The van der Waals surface area contributed by atoms with Crippen molar-refractivity contribution in [2.75, 3.05) is 20.7 Å². The van der Waals surface area contributed by atoms with Gasteiger partial charge in [-0.25, -0.2) is 0 Å². The van der Waals surface area contributed by atoms with E-state index in [2.05, 4.69) is 0 Å². The molecule has 0 unspecified atom stereocenters. The summed E-state index contributed by atoms with van der Waals surface area (Å²) in [6.45, 7) is 0.716. The number of nitrogens with zero attached hydrogens (tertiary/aromatic N) is 1. The average molecular weight is 196 g/mol. The van der Waals surface area contributed by atoms with Gasteiger partial charge >= 0.3 is 5.97 Å². The van der Waals surface area contributed by atoms with Crippen molar-refractivity contribution < 1.29 is 14.6 Å². The Hall–Kier alpha value is -0.320. The van der Waals surface area contributed by atoms with Gasteiger partial charge in [-0.05, 0) is 7.05 Å². The molecule has 1 aliphatic rings. The molecule has 1 fully saturated rings. The molecule has 1 rings (SSSR count). The second-order valence-electron chi connectivity index (χ2n) is 2.89. The molecule has 0 aromatic rings. The zero-order valence-electron chi connectivity index (χ0n) is 7.19. The first-order valence-corrected chi connectivity index (χ1v) is 3.61. The van der Waals surface area contributed by atoms with Crippen LogP contribution in [0.1, 0.15) is 6.42 Å². The standard InChI is InChI=1S/C7H13NO3.ClH/c1-8-4-5(11-2)3-6(8)7(9)10;/h5-6H,3-4H2,1-2H3,(H,9,10);1H/t5-,6+;/m1./s1. The largest absolute Gasteiger partial charge is 0.480 e. The normalized spacial score (nSPS) is 29.8. The number of hydrogen-bond donors (Lipinski definition) is 1. The number of methoxy groups -OCH3 is 1. The molecule has 1 heterocycles.